The van der Waals surface area contributed by atoms with Gasteiger partial charge in [-0.05, 0) is 52.1 Å². The van der Waals surface area contributed by atoms with E-state index >= 15 is 0 Å². The lowest BCUT2D eigenvalue weighted by molar-refractivity contribution is 0.00578. The maximum absolute atomic E-state index is 6.03. The standard InChI is InChI=1S/C18H25BO2/c1-15(19-20-17(2,3)18(4,5)21-19)11-9-10-14-16-12-7-6-8-13-16/h6-8,10-14H,9H2,1-5H3/b14-10+,15-11+. The van der Waals surface area contributed by atoms with Gasteiger partial charge in [0.2, 0.25) is 0 Å². The average molecular weight is 284 g/mol. The zero-order valence-corrected chi connectivity index (χ0v) is 13.7. The third-order valence-electron chi connectivity index (χ3n) is 4.31. The van der Waals surface area contributed by atoms with Crippen LogP contribution in [0.25, 0.3) is 6.08 Å². The molecule has 0 aliphatic carbocycles. The molecule has 0 unspecified atom stereocenters. The Morgan fingerprint density at radius 2 is 1.62 bits per heavy atom. The minimum absolute atomic E-state index is 0.236. The number of hydrogen-bond acceptors (Lipinski definition) is 2. The number of rotatable bonds is 4. The molecule has 0 aromatic heterocycles. The topological polar surface area (TPSA) is 18.5 Å². The van der Waals surface area contributed by atoms with Crippen LogP contribution in [0, 0.1) is 0 Å². The van der Waals surface area contributed by atoms with Crippen molar-refractivity contribution < 1.29 is 9.31 Å². The minimum Gasteiger partial charge on any atom is -0.400 e. The van der Waals surface area contributed by atoms with Crippen molar-refractivity contribution in [1.29, 1.82) is 0 Å². The smallest absolute Gasteiger partial charge is 0.400 e. The Hall–Kier alpha value is -1.32. The normalized spacial score (nSPS) is 21.2. The molecule has 1 aliphatic rings. The van der Waals surface area contributed by atoms with Crippen molar-refractivity contribution in [3.8, 4) is 0 Å². The summed E-state index contributed by atoms with van der Waals surface area (Å²) >= 11 is 0. The highest BCUT2D eigenvalue weighted by Crippen LogP contribution is 2.38. The molecular formula is C18H25BO2. The summed E-state index contributed by atoms with van der Waals surface area (Å²) in [6.07, 6.45) is 7.34. The predicted molar refractivity (Wildman–Crippen MR) is 89.9 cm³/mol. The number of allylic oxidation sites excluding steroid dienone is 3. The summed E-state index contributed by atoms with van der Waals surface area (Å²) in [5, 5.41) is 0. The first-order chi connectivity index (χ1) is 9.82. The second kappa shape index (κ2) is 6.21. The second-order valence-corrected chi connectivity index (χ2v) is 6.59. The van der Waals surface area contributed by atoms with E-state index in [9.17, 15) is 0 Å². The molecule has 3 heteroatoms. The predicted octanol–water partition coefficient (Wildman–Crippen LogP) is 4.67. The van der Waals surface area contributed by atoms with Crippen LogP contribution in [0.4, 0.5) is 0 Å². The lowest BCUT2D eigenvalue weighted by atomic mass is 9.79. The van der Waals surface area contributed by atoms with E-state index < -0.39 is 0 Å². The largest absolute Gasteiger partial charge is 0.489 e. The van der Waals surface area contributed by atoms with E-state index in [2.05, 4.69) is 65.0 Å². The molecule has 21 heavy (non-hydrogen) atoms. The third-order valence-corrected chi connectivity index (χ3v) is 4.31. The molecule has 1 aromatic carbocycles. The molecule has 0 saturated carbocycles. The molecule has 0 radical (unpaired) electrons. The van der Waals surface area contributed by atoms with E-state index in [0.29, 0.717) is 0 Å². The van der Waals surface area contributed by atoms with E-state index in [1.165, 1.54) is 5.56 Å². The van der Waals surface area contributed by atoms with Crippen molar-refractivity contribution in [2.45, 2.75) is 52.2 Å². The zero-order valence-electron chi connectivity index (χ0n) is 13.7. The molecule has 1 aliphatic heterocycles. The molecule has 0 amide bonds. The Kier molecular flexibility index (Phi) is 4.75. The van der Waals surface area contributed by atoms with E-state index in [1.54, 1.807) is 0 Å². The van der Waals surface area contributed by atoms with Crippen LogP contribution in [0.1, 0.15) is 46.6 Å². The molecule has 0 spiro atoms. The Morgan fingerprint density at radius 3 is 2.19 bits per heavy atom. The lowest BCUT2D eigenvalue weighted by Gasteiger charge is -2.32. The molecule has 0 atom stereocenters. The summed E-state index contributed by atoms with van der Waals surface area (Å²) in [4.78, 5) is 0. The van der Waals surface area contributed by atoms with Crippen molar-refractivity contribution in [1.82, 2.24) is 0 Å². The van der Waals surface area contributed by atoms with E-state index in [-0.39, 0.29) is 18.3 Å². The Morgan fingerprint density at radius 1 is 1.05 bits per heavy atom. The third kappa shape index (κ3) is 3.87. The van der Waals surface area contributed by atoms with Crippen molar-refractivity contribution in [2.75, 3.05) is 0 Å². The highest BCUT2D eigenvalue weighted by atomic mass is 16.7. The summed E-state index contributed by atoms with van der Waals surface area (Å²) < 4.78 is 12.1. The molecule has 0 bridgehead atoms. The Labute approximate surface area is 129 Å². The van der Waals surface area contributed by atoms with Gasteiger partial charge in [0.05, 0.1) is 11.2 Å². The summed E-state index contributed by atoms with van der Waals surface area (Å²) in [6.45, 7) is 10.4. The van der Waals surface area contributed by atoms with Crippen LogP contribution >= 0.6 is 0 Å². The van der Waals surface area contributed by atoms with Gasteiger partial charge >= 0.3 is 7.12 Å². The lowest BCUT2D eigenvalue weighted by Crippen LogP contribution is -2.41. The number of benzene rings is 1. The van der Waals surface area contributed by atoms with Gasteiger partial charge in [-0.3, -0.25) is 0 Å². The molecule has 1 fully saturated rings. The van der Waals surface area contributed by atoms with Gasteiger partial charge in [0.1, 0.15) is 0 Å². The summed E-state index contributed by atoms with van der Waals surface area (Å²) in [5.74, 6) is 0. The van der Waals surface area contributed by atoms with Gasteiger partial charge in [-0.15, -0.1) is 0 Å². The van der Waals surface area contributed by atoms with Crippen LogP contribution in [-0.2, 0) is 9.31 Å². The van der Waals surface area contributed by atoms with Crippen molar-refractivity contribution in [3.05, 3.63) is 53.5 Å². The molecule has 0 N–H and O–H groups in total. The Balaban J connectivity index is 1.92. The maximum atomic E-state index is 6.03. The Bertz CT molecular complexity index is 513. The first kappa shape index (κ1) is 16.1. The monoisotopic (exact) mass is 284 g/mol. The summed E-state index contributed by atoms with van der Waals surface area (Å²) in [6, 6.07) is 10.3. The molecular weight excluding hydrogens is 259 g/mol. The van der Waals surface area contributed by atoms with E-state index in [1.807, 2.05) is 18.2 Å². The maximum Gasteiger partial charge on any atom is 0.489 e. The van der Waals surface area contributed by atoms with E-state index in [0.717, 1.165) is 11.9 Å². The average Bonchev–Trinajstić information content (AvgIpc) is 2.65. The second-order valence-electron chi connectivity index (χ2n) is 6.59. The van der Waals surface area contributed by atoms with E-state index in [4.69, 9.17) is 9.31 Å². The molecule has 1 aromatic rings. The highest BCUT2D eigenvalue weighted by Gasteiger charge is 2.51. The SMILES string of the molecule is C/C(=C\C/C=C/c1ccccc1)B1OC(C)(C)C(C)(C)O1. The zero-order chi connectivity index (χ0) is 15.5. The van der Waals surface area contributed by atoms with Crippen LogP contribution in [0.15, 0.2) is 48.0 Å². The fourth-order valence-corrected chi connectivity index (χ4v) is 2.15. The first-order valence-electron chi connectivity index (χ1n) is 7.56. The molecule has 2 rings (SSSR count). The quantitative estimate of drug-likeness (QED) is 0.748. The summed E-state index contributed by atoms with van der Waals surface area (Å²) in [7, 11) is -0.236. The van der Waals surface area contributed by atoms with Gasteiger partial charge in [-0.1, -0.05) is 48.6 Å². The minimum atomic E-state index is -0.271. The highest BCUT2D eigenvalue weighted by molar-refractivity contribution is 6.54. The fraction of sp³-hybridized carbons (Fsp3) is 0.444. The van der Waals surface area contributed by atoms with Crippen LogP contribution in [0.2, 0.25) is 0 Å². The van der Waals surface area contributed by atoms with Crippen molar-refractivity contribution in [3.63, 3.8) is 0 Å². The van der Waals surface area contributed by atoms with Crippen molar-refractivity contribution in [2.24, 2.45) is 0 Å². The molecule has 1 saturated heterocycles. The van der Waals surface area contributed by atoms with Gasteiger partial charge in [0.25, 0.3) is 0 Å². The molecule has 112 valence electrons. The fourth-order valence-electron chi connectivity index (χ4n) is 2.15. The molecule has 2 nitrogen and oxygen atoms in total. The van der Waals surface area contributed by atoms with Gasteiger partial charge in [-0.25, -0.2) is 0 Å². The molecule has 1 heterocycles. The first-order valence-corrected chi connectivity index (χ1v) is 7.56. The number of hydrogen-bond donors (Lipinski definition) is 0. The van der Waals surface area contributed by atoms with Crippen LogP contribution < -0.4 is 0 Å². The van der Waals surface area contributed by atoms with Gasteiger partial charge < -0.3 is 9.31 Å². The van der Waals surface area contributed by atoms with Gasteiger partial charge in [0.15, 0.2) is 0 Å². The van der Waals surface area contributed by atoms with Crippen LogP contribution in [0.5, 0.6) is 0 Å². The summed E-state index contributed by atoms with van der Waals surface area (Å²) in [5.41, 5.74) is 1.81. The van der Waals surface area contributed by atoms with Crippen molar-refractivity contribution >= 4 is 13.2 Å². The van der Waals surface area contributed by atoms with Crippen LogP contribution in [-0.4, -0.2) is 18.3 Å². The van der Waals surface area contributed by atoms with Gasteiger partial charge in [-0.2, -0.15) is 0 Å². The van der Waals surface area contributed by atoms with Crippen LogP contribution in [0.3, 0.4) is 0 Å². The van der Waals surface area contributed by atoms with Gasteiger partial charge in [0, 0.05) is 0 Å².